The number of pyridine rings is 3. The SMILES string of the molecule is O=C(Nc1ccnc(CC[C@@H](O)CO)c1)N1c2nc(-c3ccnc(C(F)(F)F)c3)c(Cl)cc2N2CC[C@H]1C2. The average molecular weight is 549 g/mol. The molecule has 5 rings (SSSR count). The Morgan fingerprint density at radius 3 is 2.76 bits per heavy atom. The van der Waals surface area contributed by atoms with Crippen LogP contribution in [0.25, 0.3) is 11.3 Å². The number of urea groups is 1. The van der Waals surface area contributed by atoms with E-state index in [1.54, 1.807) is 18.2 Å². The van der Waals surface area contributed by atoms with Crippen molar-refractivity contribution in [3.63, 3.8) is 0 Å². The topological polar surface area (TPSA) is 115 Å². The second-order valence-corrected chi connectivity index (χ2v) is 9.60. The molecular formula is C25H24ClF3N6O3. The van der Waals surface area contributed by atoms with Gasteiger partial charge in [0.2, 0.25) is 0 Å². The number of hydrogen-bond donors (Lipinski definition) is 3. The number of nitrogens with zero attached hydrogens (tertiary/aromatic N) is 5. The second-order valence-electron chi connectivity index (χ2n) is 9.19. The third-order valence-corrected chi connectivity index (χ3v) is 6.88. The Hall–Kier alpha value is -3.48. The zero-order chi connectivity index (χ0) is 27.0. The van der Waals surface area contributed by atoms with Crippen LogP contribution in [0.5, 0.6) is 0 Å². The van der Waals surface area contributed by atoms with Gasteiger partial charge in [0.05, 0.1) is 35.2 Å². The maximum absolute atomic E-state index is 13.5. The van der Waals surface area contributed by atoms with Crippen LogP contribution in [0.2, 0.25) is 5.02 Å². The van der Waals surface area contributed by atoms with Crippen molar-refractivity contribution in [1.29, 1.82) is 0 Å². The van der Waals surface area contributed by atoms with Gasteiger partial charge in [-0.25, -0.2) is 9.78 Å². The molecule has 0 unspecified atom stereocenters. The maximum atomic E-state index is 13.5. The molecule has 2 atom stereocenters. The average Bonchev–Trinajstić information content (AvgIpc) is 3.31. The molecule has 2 amide bonds. The number of amides is 2. The second kappa shape index (κ2) is 10.4. The van der Waals surface area contributed by atoms with Crippen LogP contribution in [0.15, 0.2) is 42.7 Å². The molecule has 0 saturated carbocycles. The lowest BCUT2D eigenvalue weighted by atomic mass is 10.1. The van der Waals surface area contributed by atoms with E-state index in [0.29, 0.717) is 55.2 Å². The smallest absolute Gasteiger partial charge is 0.394 e. The molecule has 0 aliphatic carbocycles. The normalized spacial score (nSPS) is 17.4. The summed E-state index contributed by atoms with van der Waals surface area (Å²) in [6.45, 7) is 0.907. The molecule has 200 valence electrons. The first-order valence-electron chi connectivity index (χ1n) is 12.0. The minimum atomic E-state index is -4.63. The summed E-state index contributed by atoms with van der Waals surface area (Å²) < 4.78 is 39.8. The highest BCUT2D eigenvalue weighted by atomic mass is 35.5. The van der Waals surface area contributed by atoms with E-state index in [4.69, 9.17) is 16.7 Å². The summed E-state index contributed by atoms with van der Waals surface area (Å²) in [5, 5.41) is 21.6. The van der Waals surface area contributed by atoms with Crippen LogP contribution >= 0.6 is 11.6 Å². The lowest BCUT2D eigenvalue weighted by Crippen LogP contribution is -2.48. The number of carbonyl (C=O) groups excluding carboxylic acids is 1. The molecule has 2 aliphatic heterocycles. The summed E-state index contributed by atoms with van der Waals surface area (Å²) in [5.74, 6) is 0.307. The highest BCUT2D eigenvalue weighted by Gasteiger charge is 2.41. The number of rotatable bonds is 6. The Kier molecular flexibility index (Phi) is 7.12. The van der Waals surface area contributed by atoms with E-state index >= 15 is 0 Å². The highest BCUT2D eigenvalue weighted by molar-refractivity contribution is 6.33. The number of aromatic nitrogens is 3. The number of aryl methyl sites for hydroxylation is 1. The Balaban J connectivity index is 1.46. The molecule has 0 spiro atoms. The van der Waals surface area contributed by atoms with Crippen molar-refractivity contribution < 1.29 is 28.2 Å². The fourth-order valence-electron chi connectivity index (χ4n) is 4.70. The van der Waals surface area contributed by atoms with Gasteiger partial charge in [-0.3, -0.25) is 14.9 Å². The highest BCUT2D eigenvalue weighted by Crippen LogP contribution is 2.43. The van der Waals surface area contributed by atoms with E-state index in [1.165, 1.54) is 17.2 Å². The van der Waals surface area contributed by atoms with Crippen LogP contribution in [-0.2, 0) is 12.6 Å². The van der Waals surface area contributed by atoms with Crippen LogP contribution in [0.4, 0.5) is 35.2 Å². The van der Waals surface area contributed by atoms with Gasteiger partial charge < -0.3 is 20.4 Å². The molecule has 2 aliphatic rings. The summed E-state index contributed by atoms with van der Waals surface area (Å²) in [7, 11) is 0. The number of hydrogen-bond acceptors (Lipinski definition) is 7. The van der Waals surface area contributed by atoms with Crippen LogP contribution in [-0.4, -0.2) is 63.0 Å². The quantitative estimate of drug-likeness (QED) is 0.424. The van der Waals surface area contributed by atoms with Crippen LogP contribution in [0, 0.1) is 0 Å². The van der Waals surface area contributed by atoms with Crippen LogP contribution in [0.3, 0.4) is 0 Å². The number of aliphatic hydroxyl groups excluding tert-OH is 2. The van der Waals surface area contributed by atoms with Crippen molar-refractivity contribution in [2.45, 2.75) is 37.6 Å². The predicted octanol–water partition coefficient (Wildman–Crippen LogP) is 4.13. The third kappa shape index (κ3) is 5.24. The van der Waals surface area contributed by atoms with Gasteiger partial charge in [0, 0.05) is 42.4 Å². The van der Waals surface area contributed by atoms with Gasteiger partial charge in [-0.15, -0.1) is 0 Å². The Labute approximate surface area is 220 Å². The molecule has 1 fully saturated rings. The molecule has 2 bridgehead atoms. The molecule has 0 aromatic carbocycles. The molecular weight excluding hydrogens is 525 g/mol. The largest absolute Gasteiger partial charge is 0.433 e. The van der Waals surface area contributed by atoms with Gasteiger partial charge >= 0.3 is 12.2 Å². The van der Waals surface area contributed by atoms with E-state index in [9.17, 15) is 23.1 Å². The van der Waals surface area contributed by atoms with Crippen molar-refractivity contribution >= 4 is 34.8 Å². The van der Waals surface area contributed by atoms with Gasteiger partial charge in [0.1, 0.15) is 5.69 Å². The Bertz CT molecular complexity index is 1360. The maximum Gasteiger partial charge on any atom is 0.433 e. The fourth-order valence-corrected chi connectivity index (χ4v) is 4.96. The summed E-state index contributed by atoms with van der Waals surface area (Å²) in [6.07, 6.45) is -1.49. The summed E-state index contributed by atoms with van der Waals surface area (Å²) in [4.78, 5) is 29.4. The summed E-state index contributed by atoms with van der Waals surface area (Å²) in [5.41, 5.74) is 0.931. The summed E-state index contributed by atoms with van der Waals surface area (Å²) in [6, 6.07) is 6.59. The van der Waals surface area contributed by atoms with Gasteiger partial charge in [0.25, 0.3) is 0 Å². The minimum Gasteiger partial charge on any atom is -0.394 e. The number of nitrogens with one attached hydrogen (secondary N) is 1. The third-order valence-electron chi connectivity index (χ3n) is 6.59. The first kappa shape index (κ1) is 26.1. The van der Waals surface area contributed by atoms with Gasteiger partial charge in [-0.2, -0.15) is 13.2 Å². The van der Waals surface area contributed by atoms with Gasteiger partial charge in [-0.1, -0.05) is 11.6 Å². The van der Waals surface area contributed by atoms with Crippen molar-refractivity contribution in [3.05, 3.63) is 59.1 Å². The lowest BCUT2D eigenvalue weighted by molar-refractivity contribution is -0.141. The van der Waals surface area contributed by atoms with Crippen molar-refractivity contribution in [1.82, 2.24) is 15.0 Å². The lowest BCUT2D eigenvalue weighted by Gasteiger charge is -2.36. The first-order chi connectivity index (χ1) is 18.1. The molecule has 3 aromatic rings. The Morgan fingerprint density at radius 2 is 2.00 bits per heavy atom. The number of aliphatic hydroxyl groups is 2. The van der Waals surface area contributed by atoms with E-state index in [-0.39, 0.29) is 28.9 Å². The van der Waals surface area contributed by atoms with Crippen LogP contribution < -0.4 is 15.1 Å². The molecule has 9 nitrogen and oxygen atoms in total. The standard InChI is InChI=1S/C25H24ClF3N6O3/c26-19-11-20-23(33-22(19)14-3-6-31-21(9-14)25(27,28)29)35(17-5-8-34(20)12-17)24(38)32-16-4-7-30-15(10-16)1-2-18(37)13-36/h3-4,6-7,9-11,17-18,36-37H,1-2,5,8,12-13H2,(H,30,32,38)/t17-,18+/m0/s1. The summed E-state index contributed by atoms with van der Waals surface area (Å²) >= 11 is 6.48. The number of anilines is 3. The zero-order valence-electron chi connectivity index (χ0n) is 20.0. The molecule has 0 radical (unpaired) electrons. The minimum absolute atomic E-state index is 0.118. The Morgan fingerprint density at radius 1 is 1.21 bits per heavy atom. The van der Waals surface area contributed by atoms with E-state index in [2.05, 4.69) is 25.2 Å². The number of fused-ring (bicyclic) bond motifs is 4. The van der Waals surface area contributed by atoms with Crippen molar-refractivity contribution in [3.8, 4) is 11.3 Å². The number of halogens is 4. The number of carbonyl (C=O) groups is 1. The molecule has 5 heterocycles. The van der Waals surface area contributed by atoms with Crippen molar-refractivity contribution in [2.75, 3.05) is 34.8 Å². The first-order valence-corrected chi connectivity index (χ1v) is 12.3. The molecule has 3 N–H and O–H groups in total. The molecule has 38 heavy (non-hydrogen) atoms. The number of alkyl halides is 3. The molecule has 1 saturated heterocycles. The van der Waals surface area contributed by atoms with E-state index in [0.717, 1.165) is 12.3 Å². The molecule has 13 heteroatoms. The fraction of sp³-hybridized carbons (Fsp3) is 0.360. The van der Waals surface area contributed by atoms with E-state index in [1.807, 2.05) is 0 Å². The van der Waals surface area contributed by atoms with E-state index < -0.39 is 24.0 Å². The molecule has 3 aromatic heterocycles. The van der Waals surface area contributed by atoms with Gasteiger partial charge in [0.15, 0.2) is 5.82 Å². The van der Waals surface area contributed by atoms with Gasteiger partial charge in [-0.05, 0) is 49.6 Å². The van der Waals surface area contributed by atoms with Crippen molar-refractivity contribution in [2.24, 2.45) is 0 Å². The van der Waals surface area contributed by atoms with Crippen LogP contribution in [0.1, 0.15) is 24.2 Å². The zero-order valence-corrected chi connectivity index (χ0v) is 20.7. The predicted molar refractivity (Wildman–Crippen MR) is 135 cm³/mol. The monoisotopic (exact) mass is 548 g/mol.